The predicted molar refractivity (Wildman–Crippen MR) is 334 cm³/mol. The number of H-pyrrole nitrogens is 1. The van der Waals surface area contributed by atoms with Gasteiger partial charge in [0.25, 0.3) is 0 Å². The van der Waals surface area contributed by atoms with E-state index in [1.54, 1.807) is 18.3 Å². The second-order valence-electron chi connectivity index (χ2n) is 23.8. The third-order valence-electron chi connectivity index (χ3n) is 16.1. The molecule has 0 unspecified atom stereocenters. The number of carboxylic acids is 1. The highest BCUT2D eigenvalue weighted by Crippen LogP contribution is 2.29. The molecule has 3 aromatic rings. The van der Waals surface area contributed by atoms with Crippen molar-refractivity contribution >= 4 is 81.5 Å². The van der Waals surface area contributed by atoms with Crippen LogP contribution < -0.4 is 49.1 Å². The number of allylic oxidation sites excluding steroid dienone is 2. The molecule has 488 valence electrons. The number of aliphatic carboxylic acids is 1. The van der Waals surface area contributed by atoms with Crippen molar-refractivity contribution in [1.29, 1.82) is 0 Å². The van der Waals surface area contributed by atoms with Gasteiger partial charge in [-0.1, -0.05) is 88.4 Å². The number of phenols is 1. The molecule has 89 heavy (non-hydrogen) atoms. The average Bonchev–Trinajstić information content (AvgIpc) is 2.56. The Hall–Kier alpha value is -8.48. The fourth-order valence-electron chi connectivity index (χ4n) is 11.1. The molecule has 2 aromatic carbocycles. The average molecular weight is 1240 g/mol. The lowest BCUT2D eigenvalue weighted by molar-refractivity contribution is -0.139. The van der Waals surface area contributed by atoms with Crippen LogP contribution in [0.1, 0.15) is 142 Å². The van der Waals surface area contributed by atoms with Crippen LogP contribution in [0.5, 0.6) is 5.75 Å². The zero-order valence-electron chi connectivity index (χ0n) is 51.9. The van der Waals surface area contributed by atoms with Gasteiger partial charge in [0.05, 0.1) is 24.1 Å². The van der Waals surface area contributed by atoms with Crippen LogP contribution in [0.15, 0.2) is 71.9 Å². The van der Waals surface area contributed by atoms with Gasteiger partial charge < -0.3 is 69.4 Å². The van der Waals surface area contributed by atoms with Gasteiger partial charge in [-0.05, 0) is 93.0 Å². The lowest BCUT2D eigenvalue weighted by Crippen LogP contribution is -2.53. The predicted octanol–water partition coefficient (Wildman–Crippen LogP) is 3.60. The molecular weight excluding hydrogens is 1150 g/mol. The fourth-order valence-corrected chi connectivity index (χ4v) is 11.1. The number of aliphatic imine (C=N–C) groups is 1. The first kappa shape index (κ1) is 73.0. The van der Waals surface area contributed by atoms with Crippen molar-refractivity contribution in [3.63, 3.8) is 0 Å². The van der Waals surface area contributed by atoms with E-state index in [1.807, 2.05) is 38.1 Å². The second kappa shape index (κ2) is 37.4. The van der Waals surface area contributed by atoms with Crippen molar-refractivity contribution in [2.45, 2.75) is 174 Å². The van der Waals surface area contributed by atoms with Crippen LogP contribution in [0.3, 0.4) is 0 Å². The van der Waals surface area contributed by atoms with Crippen molar-refractivity contribution in [3.8, 4) is 5.75 Å². The number of nitrogens with zero attached hydrogens (tertiary/aromatic N) is 1. The topological polar surface area (TPSA) is 427 Å². The summed E-state index contributed by atoms with van der Waals surface area (Å²) >= 11 is 0. The number of hydrogen-bond donors (Lipinski definition) is 13. The van der Waals surface area contributed by atoms with Gasteiger partial charge in [0.2, 0.25) is 29.5 Å². The summed E-state index contributed by atoms with van der Waals surface area (Å²) in [5.74, 6) is -11.1. The lowest BCUT2D eigenvalue weighted by atomic mass is 9.83. The summed E-state index contributed by atoms with van der Waals surface area (Å²) in [4.78, 5) is 155. The minimum Gasteiger partial charge on any atom is -0.508 e. The molecule has 0 radical (unpaired) electrons. The highest BCUT2D eigenvalue weighted by molar-refractivity contribution is 5.97. The van der Waals surface area contributed by atoms with Crippen LogP contribution in [-0.2, 0) is 60.8 Å². The second-order valence-corrected chi connectivity index (χ2v) is 23.8. The summed E-state index contributed by atoms with van der Waals surface area (Å²) in [6, 6.07) is 7.36. The number of amides is 7. The van der Waals surface area contributed by atoms with Crippen molar-refractivity contribution in [1.82, 2.24) is 36.9 Å². The number of aromatic hydroxyl groups is 1. The third kappa shape index (κ3) is 26.0. The Labute approximate surface area is 519 Å². The molecule has 4 rings (SSSR count). The Kier molecular flexibility index (Phi) is 30.7. The van der Waals surface area contributed by atoms with Gasteiger partial charge in [-0.3, -0.25) is 52.9 Å². The zero-order valence-corrected chi connectivity index (χ0v) is 51.9. The first-order valence-electron chi connectivity index (χ1n) is 30.7. The number of carbonyl (C=O) groups excluding carboxylic acids is 10. The molecule has 0 saturated heterocycles. The Morgan fingerprint density at radius 2 is 1.34 bits per heavy atom. The molecule has 16 N–H and O–H groups in total. The van der Waals surface area contributed by atoms with Gasteiger partial charge in [-0.15, -0.1) is 0 Å². The van der Waals surface area contributed by atoms with E-state index in [2.05, 4.69) is 41.9 Å². The molecule has 1 saturated carbocycles. The van der Waals surface area contributed by atoms with Crippen LogP contribution >= 0.6 is 0 Å². The van der Waals surface area contributed by atoms with E-state index in [9.17, 15) is 68.1 Å². The normalized spacial score (nSPS) is 15.9. The number of hydrogen-bond acceptors (Lipinski definition) is 14. The SMILES string of the molecule is CN=C(N)NCCC[C@H](CC(=O)[C@@H](/C=C/CCC(=O)[C@H](CC1CCCCC1)NC(=O)[C@@H](CC(=O)[C@H](CNC(N)=O)NC(=O)[C@H](CCC(=O)O)CC(=O)[C@@H](Cc1ccc(O)cc1)NC(C)=O)[C@@H](C)O)CC(C)C)C(=O)N[C@@H](Cc1c[nH]c2ccccc12)C(N)=O. The molecule has 9 atom stereocenters. The van der Waals surface area contributed by atoms with E-state index >= 15 is 0 Å². The summed E-state index contributed by atoms with van der Waals surface area (Å²) in [6.45, 7) is 6.12. The number of urea groups is 1. The molecule has 25 heteroatoms. The number of aliphatic hydroxyl groups excluding tert-OH is 1. The molecule has 7 amide bonds. The maximum atomic E-state index is 14.3. The van der Waals surface area contributed by atoms with Gasteiger partial charge in [0.15, 0.2) is 23.3 Å². The Morgan fingerprint density at radius 3 is 1.96 bits per heavy atom. The van der Waals surface area contributed by atoms with Crippen molar-refractivity contribution in [2.24, 2.45) is 57.7 Å². The summed E-state index contributed by atoms with van der Waals surface area (Å²) in [7, 11) is 1.53. The number of nitrogens with one attached hydrogen (secondary N) is 7. The number of aliphatic hydroxyl groups is 1. The number of fused-ring (bicyclic) bond motifs is 1. The first-order chi connectivity index (χ1) is 42.2. The highest BCUT2D eigenvalue weighted by Gasteiger charge is 2.36. The van der Waals surface area contributed by atoms with Gasteiger partial charge in [-0.25, -0.2) is 4.79 Å². The monoisotopic (exact) mass is 1240 g/mol. The molecule has 1 fully saturated rings. The number of carboxylic acid groups (broad SMARTS) is 1. The number of phenolic OH excluding ortho intramolecular Hbond substituents is 1. The standard InChI is InChI=1S/C64H93N11O14/c1-37(2)28-42(55(80)32-43(17-13-27-69-63(66)68-5)60(86)74-52(59(65)85)31-45-35-70-49-19-11-10-18-47(45)49)16-9-12-20-54(79)50(29-40-14-7-6-8-15-40)73-62(88)48(38(3)76)34-57(82)53(36-71-64(67)89)75-61(87)44(23-26-58(83)84)33-56(81)51(72-39(4)77)30-41-21-24-46(78)25-22-41/h9-11,16,18-19,21-22,24-25,35,37-38,40,42-44,48,50-53,70,76,78H,6-8,12-15,17,20,23,26-34,36H2,1-5H3,(H2,65,85)(H,72,77)(H,73,88)(H,74,86)(H,75,87)(H,83,84)(H3,66,68,69)(H3,67,71,89)/b16-9+/t38-,42+,43-,44-,48+,50+,51-,52+,53+/m1/s1. The summed E-state index contributed by atoms with van der Waals surface area (Å²) in [6.07, 6.45) is 7.31. The van der Waals surface area contributed by atoms with Crippen LogP contribution in [0.2, 0.25) is 0 Å². The molecule has 1 aromatic heterocycles. The number of carbonyl (C=O) groups is 11. The summed E-state index contributed by atoms with van der Waals surface area (Å²) in [5.41, 5.74) is 19.2. The quantitative estimate of drug-likeness (QED) is 0.0167. The van der Waals surface area contributed by atoms with Crippen molar-refractivity contribution in [2.75, 3.05) is 20.1 Å². The van der Waals surface area contributed by atoms with E-state index in [1.165, 1.54) is 45.2 Å². The first-order valence-corrected chi connectivity index (χ1v) is 30.7. The third-order valence-corrected chi connectivity index (χ3v) is 16.1. The number of primary amides is 2. The number of rotatable bonds is 40. The van der Waals surface area contributed by atoms with E-state index in [0.29, 0.717) is 24.9 Å². The molecular formula is C64H93N11O14. The fraction of sp³-hybridized carbons (Fsp3) is 0.562. The number of nitrogens with two attached hydrogens (primary N) is 3. The van der Waals surface area contributed by atoms with Gasteiger partial charge >= 0.3 is 12.0 Å². The maximum Gasteiger partial charge on any atom is 0.312 e. The van der Waals surface area contributed by atoms with E-state index < -0.39 is 133 Å². The highest BCUT2D eigenvalue weighted by atomic mass is 16.4. The number of ketones is 4. The van der Waals surface area contributed by atoms with Crippen LogP contribution in [-0.4, -0.2) is 141 Å². The zero-order chi connectivity index (χ0) is 65.7. The van der Waals surface area contributed by atoms with Crippen LogP contribution in [0.25, 0.3) is 10.9 Å². The molecule has 1 aliphatic rings. The van der Waals surface area contributed by atoms with Crippen molar-refractivity contribution in [3.05, 3.63) is 78.0 Å². The molecule has 1 heterocycles. The Balaban J connectivity index is 1.51. The van der Waals surface area contributed by atoms with Gasteiger partial charge in [0.1, 0.15) is 23.6 Å². The van der Waals surface area contributed by atoms with E-state index in [4.69, 9.17) is 17.2 Å². The number of aromatic nitrogens is 1. The molecule has 0 bridgehead atoms. The van der Waals surface area contributed by atoms with Crippen LogP contribution in [0, 0.1) is 35.5 Å². The Morgan fingerprint density at radius 1 is 0.708 bits per heavy atom. The van der Waals surface area contributed by atoms with E-state index in [0.717, 1.165) is 48.6 Å². The van der Waals surface area contributed by atoms with Gasteiger partial charge in [0, 0.05) is 100 Å². The number of benzene rings is 2. The molecule has 0 aliphatic heterocycles. The van der Waals surface area contributed by atoms with Crippen molar-refractivity contribution < 1.29 is 68.1 Å². The molecule has 25 nitrogen and oxygen atoms in total. The summed E-state index contributed by atoms with van der Waals surface area (Å²) < 4.78 is 0. The Bertz CT molecular complexity index is 2950. The largest absolute Gasteiger partial charge is 0.508 e. The molecule has 1 aliphatic carbocycles. The number of para-hydroxylation sites is 1. The number of Topliss-reactive ketones (excluding diaryl/α,β-unsaturated/α-hetero) is 4. The number of guanidine groups is 1. The lowest BCUT2D eigenvalue weighted by Gasteiger charge is -2.29. The van der Waals surface area contributed by atoms with E-state index in [-0.39, 0.29) is 86.5 Å². The van der Waals surface area contributed by atoms with Crippen LogP contribution in [0.4, 0.5) is 4.79 Å². The maximum absolute atomic E-state index is 14.3. The minimum atomic E-state index is -1.62. The smallest absolute Gasteiger partial charge is 0.312 e. The summed E-state index contributed by atoms with van der Waals surface area (Å²) in [5, 5.41) is 47.1. The molecule has 0 spiro atoms. The van der Waals surface area contributed by atoms with Gasteiger partial charge in [-0.2, -0.15) is 0 Å². The number of aromatic amines is 1. The minimum absolute atomic E-state index is 0.0390.